The quantitative estimate of drug-likeness (QED) is 0.711. The maximum absolute atomic E-state index is 12.5. The molecule has 0 aliphatic rings. The smallest absolute Gasteiger partial charge is 0.310 e. The van der Waals surface area contributed by atoms with Crippen molar-refractivity contribution < 1.29 is 19.5 Å². The van der Waals surface area contributed by atoms with Gasteiger partial charge in [0.25, 0.3) is 11.8 Å². The maximum atomic E-state index is 12.5. The van der Waals surface area contributed by atoms with E-state index in [9.17, 15) is 14.4 Å². The van der Waals surface area contributed by atoms with Gasteiger partial charge < -0.3 is 15.7 Å². The van der Waals surface area contributed by atoms with Crippen LogP contribution in [0.3, 0.4) is 0 Å². The molecule has 0 saturated carbocycles. The summed E-state index contributed by atoms with van der Waals surface area (Å²) in [4.78, 5) is 35.6. The molecule has 1 unspecified atom stereocenters. The summed E-state index contributed by atoms with van der Waals surface area (Å²) in [5, 5.41) is 14.6. The first-order chi connectivity index (χ1) is 12.4. The lowest BCUT2D eigenvalue weighted by Crippen LogP contribution is -2.24. The van der Waals surface area contributed by atoms with E-state index >= 15 is 0 Å². The van der Waals surface area contributed by atoms with Gasteiger partial charge in [0.15, 0.2) is 0 Å². The Labute approximate surface area is 152 Å². The van der Waals surface area contributed by atoms with Gasteiger partial charge >= 0.3 is 5.97 Å². The molecular weight excluding hydrogens is 332 g/mol. The second kappa shape index (κ2) is 8.80. The number of anilines is 1. The third-order valence-electron chi connectivity index (χ3n) is 3.94. The van der Waals surface area contributed by atoms with Gasteiger partial charge in [-0.15, -0.1) is 0 Å². The predicted molar refractivity (Wildman–Crippen MR) is 99.5 cm³/mol. The lowest BCUT2D eigenvalue weighted by molar-refractivity contribution is -0.138. The second-order valence-corrected chi connectivity index (χ2v) is 5.98. The third kappa shape index (κ3) is 4.92. The van der Waals surface area contributed by atoms with Gasteiger partial charge in [-0.3, -0.25) is 14.4 Å². The minimum Gasteiger partial charge on any atom is -0.481 e. The van der Waals surface area contributed by atoms with Crippen molar-refractivity contribution in [2.24, 2.45) is 0 Å². The summed E-state index contributed by atoms with van der Waals surface area (Å²) >= 11 is 0. The number of rotatable bonds is 7. The fourth-order valence-electron chi connectivity index (χ4n) is 2.37. The highest BCUT2D eigenvalue weighted by Gasteiger charge is 2.15. The summed E-state index contributed by atoms with van der Waals surface area (Å²) in [6.45, 7) is 4.12. The van der Waals surface area contributed by atoms with Gasteiger partial charge in [0, 0.05) is 23.4 Å². The Hall–Kier alpha value is -3.15. The molecule has 0 fully saturated rings. The average Bonchev–Trinajstić information content (AvgIpc) is 2.65. The molecule has 2 aromatic carbocycles. The number of carbonyl (C=O) groups is 3. The first kappa shape index (κ1) is 19.2. The highest BCUT2D eigenvalue weighted by Crippen LogP contribution is 2.20. The number of carboxylic acids is 1. The van der Waals surface area contributed by atoms with Gasteiger partial charge in [-0.25, -0.2) is 0 Å². The largest absolute Gasteiger partial charge is 0.481 e. The Bertz CT molecular complexity index is 817. The molecule has 2 amide bonds. The zero-order chi connectivity index (χ0) is 19.1. The van der Waals surface area contributed by atoms with Crippen LogP contribution in [0.4, 0.5) is 5.69 Å². The summed E-state index contributed by atoms with van der Waals surface area (Å²) in [6, 6.07) is 13.2. The van der Waals surface area contributed by atoms with Crippen molar-refractivity contribution in [1.29, 1.82) is 0 Å². The second-order valence-electron chi connectivity index (χ2n) is 5.98. The zero-order valence-electron chi connectivity index (χ0n) is 14.8. The number of nitrogens with one attached hydrogen (secondary N) is 2. The molecule has 0 heterocycles. The minimum atomic E-state index is -0.931. The van der Waals surface area contributed by atoms with E-state index in [-0.39, 0.29) is 11.8 Å². The molecule has 2 aromatic rings. The highest BCUT2D eigenvalue weighted by molar-refractivity contribution is 6.06. The Morgan fingerprint density at radius 1 is 1.00 bits per heavy atom. The Morgan fingerprint density at radius 2 is 1.65 bits per heavy atom. The van der Waals surface area contributed by atoms with Gasteiger partial charge in [-0.2, -0.15) is 0 Å². The van der Waals surface area contributed by atoms with Crippen molar-refractivity contribution in [2.45, 2.75) is 26.2 Å². The lowest BCUT2D eigenvalue weighted by atomic mass is 10.0. The van der Waals surface area contributed by atoms with E-state index in [4.69, 9.17) is 5.11 Å². The van der Waals surface area contributed by atoms with E-state index in [1.54, 1.807) is 49.4 Å². The molecule has 0 aromatic heterocycles. The molecule has 26 heavy (non-hydrogen) atoms. The van der Waals surface area contributed by atoms with Gasteiger partial charge in [0.05, 0.1) is 5.92 Å². The van der Waals surface area contributed by atoms with Crippen molar-refractivity contribution in [3.63, 3.8) is 0 Å². The van der Waals surface area contributed by atoms with Crippen molar-refractivity contribution in [2.75, 3.05) is 11.9 Å². The Kier molecular flexibility index (Phi) is 6.49. The van der Waals surface area contributed by atoms with Crippen LogP contribution in [-0.4, -0.2) is 29.4 Å². The number of amides is 2. The van der Waals surface area contributed by atoms with Gasteiger partial charge in [0.1, 0.15) is 0 Å². The number of benzene rings is 2. The van der Waals surface area contributed by atoms with Crippen LogP contribution in [0, 0.1) is 0 Å². The Morgan fingerprint density at radius 3 is 2.31 bits per heavy atom. The van der Waals surface area contributed by atoms with Crippen LogP contribution in [0.25, 0.3) is 0 Å². The normalized spacial score (nSPS) is 11.5. The standard InChI is InChI=1S/C20H22N2O4/c1-3-10-21-18(23)15-7-4-8-16(11-15)19(24)22-17-9-5-6-14(12-17)13(2)20(25)26/h4-9,11-13H,3,10H2,1-2H3,(H,21,23)(H,22,24)(H,25,26). The number of aliphatic carboxylic acids is 1. The molecule has 0 bridgehead atoms. The first-order valence-corrected chi connectivity index (χ1v) is 8.44. The highest BCUT2D eigenvalue weighted by atomic mass is 16.4. The number of hydrogen-bond donors (Lipinski definition) is 3. The van der Waals surface area contributed by atoms with Gasteiger partial charge in [-0.05, 0) is 49.2 Å². The van der Waals surface area contributed by atoms with E-state index in [1.165, 1.54) is 6.07 Å². The summed E-state index contributed by atoms with van der Waals surface area (Å²) in [5.41, 5.74) is 1.87. The van der Waals surface area contributed by atoms with Gasteiger partial charge in [-0.1, -0.05) is 25.1 Å². The molecule has 0 aliphatic heterocycles. The fourth-order valence-corrected chi connectivity index (χ4v) is 2.37. The Balaban J connectivity index is 2.14. The number of carboxylic acid groups (broad SMARTS) is 1. The van der Waals surface area contributed by atoms with Crippen molar-refractivity contribution >= 4 is 23.5 Å². The summed E-state index contributed by atoms with van der Waals surface area (Å²) in [7, 11) is 0. The topological polar surface area (TPSA) is 95.5 Å². The fraction of sp³-hybridized carbons (Fsp3) is 0.250. The molecule has 0 aliphatic carbocycles. The molecule has 6 nitrogen and oxygen atoms in total. The van der Waals surface area contributed by atoms with Crippen LogP contribution >= 0.6 is 0 Å². The van der Waals surface area contributed by atoms with Gasteiger partial charge in [0.2, 0.25) is 0 Å². The van der Waals surface area contributed by atoms with Crippen molar-refractivity contribution in [1.82, 2.24) is 5.32 Å². The van der Waals surface area contributed by atoms with E-state index in [0.717, 1.165) is 6.42 Å². The van der Waals surface area contributed by atoms with E-state index in [1.807, 2.05) is 6.92 Å². The molecule has 6 heteroatoms. The monoisotopic (exact) mass is 354 g/mol. The molecule has 1 atom stereocenters. The number of hydrogen-bond acceptors (Lipinski definition) is 3. The first-order valence-electron chi connectivity index (χ1n) is 8.44. The zero-order valence-corrected chi connectivity index (χ0v) is 14.8. The van der Waals surface area contributed by atoms with Crippen LogP contribution in [0.15, 0.2) is 48.5 Å². The van der Waals surface area contributed by atoms with Crippen molar-refractivity contribution in [3.8, 4) is 0 Å². The molecule has 2 rings (SSSR count). The van der Waals surface area contributed by atoms with Crippen LogP contribution in [0.1, 0.15) is 52.5 Å². The van der Waals surface area contributed by atoms with Crippen molar-refractivity contribution in [3.05, 3.63) is 65.2 Å². The van der Waals surface area contributed by atoms with Crippen LogP contribution < -0.4 is 10.6 Å². The van der Waals surface area contributed by atoms with E-state index < -0.39 is 11.9 Å². The lowest BCUT2D eigenvalue weighted by Gasteiger charge is -2.11. The van der Waals surface area contributed by atoms with E-state index in [0.29, 0.717) is 28.9 Å². The average molecular weight is 354 g/mol. The molecule has 3 N–H and O–H groups in total. The molecule has 136 valence electrons. The van der Waals surface area contributed by atoms with E-state index in [2.05, 4.69) is 10.6 Å². The third-order valence-corrected chi connectivity index (χ3v) is 3.94. The molecule has 0 saturated heterocycles. The molecule has 0 spiro atoms. The number of carbonyl (C=O) groups excluding carboxylic acids is 2. The predicted octanol–water partition coefficient (Wildman–Crippen LogP) is 3.27. The summed E-state index contributed by atoms with van der Waals surface area (Å²) in [5.74, 6) is -2.19. The maximum Gasteiger partial charge on any atom is 0.310 e. The summed E-state index contributed by atoms with van der Waals surface area (Å²) < 4.78 is 0. The SMILES string of the molecule is CCCNC(=O)c1cccc(C(=O)Nc2cccc(C(C)C(=O)O)c2)c1. The molecular formula is C20H22N2O4. The van der Waals surface area contributed by atoms with Crippen LogP contribution in [0.2, 0.25) is 0 Å². The van der Waals surface area contributed by atoms with Crippen LogP contribution in [0.5, 0.6) is 0 Å². The minimum absolute atomic E-state index is 0.223. The molecule has 0 radical (unpaired) electrons. The summed E-state index contributed by atoms with van der Waals surface area (Å²) in [6.07, 6.45) is 0.830. The van der Waals surface area contributed by atoms with Crippen LogP contribution in [-0.2, 0) is 4.79 Å².